The molecule has 0 fully saturated rings. The van der Waals surface area contributed by atoms with Gasteiger partial charge < -0.3 is 10.6 Å². The molecule has 1 aromatic rings. The van der Waals surface area contributed by atoms with E-state index in [1.165, 1.54) is 0 Å². The van der Waals surface area contributed by atoms with Gasteiger partial charge in [-0.2, -0.15) is 11.8 Å². The molecule has 1 atom stereocenters. The fraction of sp³-hybridized carbons (Fsp3) is 0.455. The predicted molar refractivity (Wildman–Crippen MR) is 69.1 cm³/mol. The molecule has 0 aliphatic carbocycles. The summed E-state index contributed by atoms with van der Waals surface area (Å²) in [6, 6.07) is 3.56. The number of carbonyl (C=O) groups excluding carboxylic acids is 1. The van der Waals surface area contributed by atoms with E-state index in [-0.39, 0.29) is 5.91 Å². The zero-order valence-corrected chi connectivity index (χ0v) is 10.6. The van der Waals surface area contributed by atoms with Crippen molar-refractivity contribution in [3.63, 3.8) is 0 Å². The Hall–Kier alpha value is -1.23. The molecule has 0 saturated carbocycles. The standard InChI is InChI=1S/C11H17N3OS/c1-8(16-3)7-14-11(15)10-6-9(12-2)4-5-13-10/h4-6,8H,7H2,1-3H3,(H,12,13)(H,14,15). The lowest BCUT2D eigenvalue weighted by Gasteiger charge is -2.09. The zero-order valence-electron chi connectivity index (χ0n) is 9.78. The van der Waals surface area contributed by atoms with Crippen molar-refractivity contribution in [3.8, 4) is 0 Å². The average molecular weight is 239 g/mol. The van der Waals surface area contributed by atoms with Crippen LogP contribution in [0.1, 0.15) is 17.4 Å². The molecule has 1 amide bonds. The highest BCUT2D eigenvalue weighted by atomic mass is 32.2. The van der Waals surface area contributed by atoms with Crippen LogP contribution in [-0.4, -0.2) is 36.0 Å². The number of rotatable bonds is 5. The summed E-state index contributed by atoms with van der Waals surface area (Å²) < 4.78 is 0. The van der Waals surface area contributed by atoms with Gasteiger partial charge in [0.2, 0.25) is 0 Å². The first kappa shape index (κ1) is 12.8. The van der Waals surface area contributed by atoms with Gasteiger partial charge in [0.25, 0.3) is 5.91 Å². The van der Waals surface area contributed by atoms with Gasteiger partial charge in [-0.25, -0.2) is 0 Å². The van der Waals surface area contributed by atoms with Crippen molar-refractivity contribution >= 4 is 23.4 Å². The molecule has 0 aliphatic rings. The molecule has 2 N–H and O–H groups in total. The van der Waals surface area contributed by atoms with Crippen LogP contribution in [0.25, 0.3) is 0 Å². The summed E-state index contributed by atoms with van der Waals surface area (Å²) in [5.74, 6) is -0.127. The number of thioether (sulfide) groups is 1. The SMILES string of the molecule is CNc1ccnc(C(=O)NCC(C)SC)c1. The number of anilines is 1. The smallest absolute Gasteiger partial charge is 0.269 e. The maximum Gasteiger partial charge on any atom is 0.269 e. The van der Waals surface area contributed by atoms with Crippen molar-refractivity contribution in [2.75, 3.05) is 25.2 Å². The van der Waals surface area contributed by atoms with E-state index in [0.29, 0.717) is 17.5 Å². The number of nitrogens with zero attached hydrogens (tertiary/aromatic N) is 1. The fourth-order valence-electron chi connectivity index (χ4n) is 1.12. The van der Waals surface area contributed by atoms with Crippen LogP contribution in [0.2, 0.25) is 0 Å². The van der Waals surface area contributed by atoms with Gasteiger partial charge in [0.05, 0.1) is 0 Å². The van der Waals surface area contributed by atoms with Crippen LogP contribution < -0.4 is 10.6 Å². The Bertz CT molecular complexity index is 357. The highest BCUT2D eigenvalue weighted by Crippen LogP contribution is 2.07. The molecule has 4 nitrogen and oxygen atoms in total. The summed E-state index contributed by atoms with van der Waals surface area (Å²) in [7, 11) is 1.81. The summed E-state index contributed by atoms with van der Waals surface area (Å²) in [6.07, 6.45) is 3.65. The van der Waals surface area contributed by atoms with Gasteiger partial charge in [0.15, 0.2) is 0 Å². The first-order chi connectivity index (χ1) is 7.67. The van der Waals surface area contributed by atoms with Crippen LogP contribution in [0.15, 0.2) is 18.3 Å². The molecule has 0 spiro atoms. The van der Waals surface area contributed by atoms with Gasteiger partial charge in [-0.15, -0.1) is 0 Å². The number of nitrogens with one attached hydrogen (secondary N) is 2. The minimum atomic E-state index is -0.127. The summed E-state index contributed by atoms with van der Waals surface area (Å²) in [5, 5.41) is 6.24. The van der Waals surface area contributed by atoms with E-state index >= 15 is 0 Å². The van der Waals surface area contributed by atoms with E-state index in [9.17, 15) is 4.79 Å². The normalized spacial score (nSPS) is 11.9. The predicted octanol–water partition coefficient (Wildman–Crippen LogP) is 1.60. The fourth-order valence-corrected chi connectivity index (χ4v) is 1.37. The average Bonchev–Trinajstić information content (AvgIpc) is 2.35. The lowest BCUT2D eigenvalue weighted by atomic mass is 10.3. The summed E-state index contributed by atoms with van der Waals surface area (Å²) in [5.41, 5.74) is 1.33. The molecule has 16 heavy (non-hydrogen) atoms. The molecule has 88 valence electrons. The van der Waals surface area contributed by atoms with E-state index in [1.54, 1.807) is 24.0 Å². The van der Waals surface area contributed by atoms with Gasteiger partial charge in [0, 0.05) is 30.7 Å². The van der Waals surface area contributed by atoms with Crippen LogP contribution in [0.4, 0.5) is 5.69 Å². The topological polar surface area (TPSA) is 54.0 Å². The molecule has 0 saturated heterocycles. The first-order valence-electron chi connectivity index (χ1n) is 5.12. The minimum absolute atomic E-state index is 0.127. The number of carbonyl (C=O) groups is 1. The zero-order chi connectivity index (χ0) is 12.0. The second kappa shape index (κ2) is 6.37. The maximum absolute atomic E-state index is 11.7. The second-order valence-electron chi connectivity index (χ2n) is 3.44. The third-order valence-electron chi connectivity index (χ3n) is 2.23. The van der Waals surface area contributed by atoms with Crippen LogP contribution >= 0.6 is 11.8 Å². The Balaban J connectivity index is 2.58. The van der Waals surface area contributed by atoms with E-state index < -0.39 is 0 Å². The molecular formula is C11H17N3OS. The quantitative estimate of drug-likeness (QED) is 0.819. The van der Waals surface area contributed by atoms with Crippen LogP contribution in [0, 0.1) is 0 Å². The molecule has 0 aromatic carbocycles. The molecule has 5 heteroatoms. The monoisotopic (exact) mass is 239 g/mol. The number of amides is 1. The van der Waals surface area contributed by atoms with Crippen molar-refractivity contribution in [2.45, 2.75) is 12.2 Å². The summed E-state index contributed by atoms with van der Waals surface area (Å²) >= 11 is 1.72. The lowest BCUT2D eigenvalue weighted by molar-refractivity contribution is 0.0949. The highest BCUT2D eigenvalue weighted by Gasteiger charge is 2.08. The Morgan fingerprint density at radius 1 is 1.62 bits per heavy atom. The van der Waals surface area contributed by atoms with Crippen LogP contribution in [0.5, 0.6) is 0 Å². The lowest BCUT2D eigenvalue weighted by Crippen LogP contribution is -2.29. The Morgan fingerprint density at radius 2 is 2.38 bits per heavy atom. The Kier molecular flexibility index (Phi) is 5.11. The van der Waals surface area contributed by atoms with E-state index in [1.807, 2.05) is 19.4 Å². The van der Waals surface area contributed by atoms with Gasteiger partial charge in [-0.1, -0.05) is 6.92 Å². The van der Waals surface area contributed by atoms with Crippen molar-refractivity contribution < 1.29 is 4.79 Å². The third kappa shape index (κ3) is 3.73. The number of pyridine rings is 1. The van der Waals surface area contributed by atoms with E-state index in [4.69, 9.17) is 0 Å². The molecule has 1 unspecified atom stereocenters. The highest BCUT2D eigenvalue weighted by molar-refractivity contribution is 7.99. The number of aromatic nitrogens is 1. The van der Waals surface area contributed by atoms with Crippen LogP contribution in [0.3, 0.4) is 0 Å². The third-order valence-corrected chi connectivity index (χ3v) is 3.21. The molecule has 0 aliphatic heterocycles. The molecule has 1 aromatic heterocycles. The van der Waals surface area contributed by atoms with Gasteiger partial charge in [-0.05, 0) is 18.4 Å². The molecule has 0 bridgehead atoms. The number of hydrogen-bond donors (Lipinski definition) is 2. The largest absolute Gasteiger partial charge is 0.388 e. The van der Waals surface area contributed by atoms with Crippen molar-refractivity contribution in [1.82, 2.24) is 10.3 Å². The molecular weight excluding hydrogens is 222 g/mol. The molecule has 1 heterocycles. The Labute approximate surface area is 100 Å². The second-order valence-corrected chi connectivity index (χ2v) is 4.71. The van der Waals surface area contributed by atoms with Crippen LogP contribution in [-0.2, 0) is 0 Å². The Morgan fingerprint density at radius 3 is 3.00 bits per heavy atom. The maximum atomic E-state index is 11.7. The number of hydrogen-bond acceptors (Lipinski definition) is 4. The van der Waals surface area contributed by atoms with Crippen molar-refractivity contribution in [3.05, 3.63) is 24.0 Å². The van der Waals surface area contributed by atoms with Gasteiger partial charge >= 0.3 is 0 Å². The van der Waals surface area contributed by atoms with Crippen molar-refractivity contribution in [2.24, 2.45) is 0 Å². The molecule has 0 radical (unpaired) electrons. The summed E-state index contributed by atoms with van der Waals surface area (Å²) in [4.78, 5) is 15.8. The van der Waals surface area contributed by atoms with Gasteiger partial charge in [-0.3, -0.25) is 9.78 Å². The van der Waals surface area contributed by atoms with Crippen molar-refractivity contribution in [1.29, 1.82) is 0 Å². The van der Waals surface area contributed by atoms with E-state index in [0.717, 1.165) is 5.69 Å². The van der Waals surface area contributed by atoms with E-state index in [2.05, 4.69) is 22.5 Å². The summed E-state index contributed by atoms with van der Waals surface area (Å²) in [6.45, 7) is 2.73. The molecule has 1 rings (SSSR count). The minimum Gasteiger partial charge on any atom is -0.388 e. The first-order valence-corrected chi connectivity index (χ1v) is 6.41. The van der Waals surface area contributed by atoms with Gasteiger partial charge in [0.1, 0.15) is 5.69 Å².